The number of hydrogen-bond acceptors (Lipinski definition) is 2. The van der Waals surface area contributed by atoms with Crippen molar-refractivity contribution >= 4 is 5.69 Å². The van der Waals surface area contributed by atoms with Crippen LogP contribution >= 0.6 is 0 Å². The van der Waals surface area contributed by atoms with Crippen LogP contribution in [0.4, 0.5) is 5.69 Å². The van der Waals surface area contributed by atoms with Gasteiger partial charge in [0.2, 0.25) is 0 Å². The van der Waals surface area contributed by atoms with E-state index in [9.17, 15) is 5.11 Å². The summed E-state index contributed by atoms with van der Waals surface area (Å²) < 4.78 is 0. The Labute approximate surface area is 97.9 Å². The number of phenolic OH excluding ortho intramolecular Hbond substituents is 1. The van der Waals surface area contributed by atoms with Crippen LogP contribution in [0.15, 0.2) is 12.1 Å². The van der Waals surface area contributed by atoms with Gasteiger partial charge in [-0.1, -0.05) is 0 Å². The highest BCUT2D eigenvalue weighted by molar-refractivity contribution is 5.61. The summed E-state index contributed by atoms with van der Waals surface area (Å²) in [6.07, 6.45) is 4.83. The lowest BCUT2D eigenvalue weighted by Crippen LogP contribution is -2.24. The highest BCUT2D eigenvalue weighted by Gasteiger charge is 2.17. The maximum atomic E-state index is 9.78. The summed E-state index contributed by atoms with van der Waals surface area (Å²) in [5, 5.41) is 9.78. The SMILES string of the molecule is CCN(CC)c1cc(O)cc2c1CCCC2. The Hall–Kier alpha value is -1.18. The summed E-state index contributed by atoms with van der Waals surface area (Å²) in [7, 11) is 0. The largest absolute Gasteiger partial charge is 0.508 e. The van der Waals surface area contributed by atoms with Gasteiger partial charge in [-0.15, -0.1) is 0 Å². The van der Waals surface area contributed by atoms with Gasteiger partial charge < -0.3 is 10.0 Å². The number of aromatic hydroxyl groups is 1. The molecule has 0 unspecified atom stereocenters. The molecule has 0 spiro atoms. The predicted molar refractivity (Wildman–Crippen MR) is 68.3 cm³/mol. The average Bonchev–Trinajstić information content (AvgIpc) is 2.30. The van der Waals surface area contributed by atoms with E-state index in [0.29, 0.717) is 5.75 Å². The van der Waals surface area contributed by atoms with E-state index in [1.165, 1.54) is 36.1 Å². The number of aryl methyl sites for hydroxylation is 1. The van der Waals surface area contributed by atoms with Gasteiger partial charge in [0.1, 0.15) is 5.75 Å². The van der Waals surface area contributed by atoms with Crippen LogP contribution in [0.3, 0.4) is 0 Å². The molecule has 1 aromatic carbocycles. The van der Waals surface area contributed by atoms with Crippen molar-refractivity contribution in [1.82, 2.24) is 0 Å². The molecule has 1 aliphatic carbocycles. The second-order valence-corrected chi connectivity index (χ2v) is 4.48. The normalized spacial score (nSPS) is 14.6. The number of benzene rings is 1. The first-order valence-corrected chi connectivity index (χ1v) is 6.36. The van der Waals surface area contributed by atoms with E-state index in [4.69, 9.17) is 0 Å². The van der Waals surface area contributed by atoms with E-state index >= 15 is 0 Å². The zero-order valence-electron chi connectivity index (χ0n) is 10.3. The summed E-state index contributed by atoms with van der Waals surface area (Å²) in [5.74, 6) is 0.419. The van der Waals surface area contributed by atoms with Gasteiger partial charge in [0.25, 0.3) is 0 Å². The topological polar surface area (TPSA) is 23.5 Å². The monoisotopic (exact) mass is 219 g/mol. The second-order valence-electron chi connectivity index (χ2n) is 4.48. The van der Waals surface area contributed by atoms with Crippen LogP contribution in [0.1, 0.15) is 37.8 Å². The molecule has 0 saturated heterocycles. The van der Waals surface area contributed by atoms with Gasteiger partial charge in [-0.25, -0.2) is 0 Å². The molecule has 2 nitrogen and oxygen atoms in total. The van der Waals surface area contributed by atoms with Crippen molar-refractivity contribution in [2.75, 3.05) is 18.0 Å². The molecule has 0 amide bonds. The molecule has 0 aromatic heterocycles. The first-order chi connectivity index (χ1) is 7.76. The average molecular weight is 219 g/mol. The van der Waals surface area contributed by atoms with Crippen LogP contribution in [0.2, 0.25) is 0 Å². The molecular weight excluding hydrogens is 198 g/mol. The van der Waals surface area contributed by atoms with Gasteiger partial charge in [0, 0.05) is 24.8 Å². The summed E-state index contributed by atoms with van der Waals surface area (Å²) in [6, 6.07) is 3.87. The van der Waals surface area contributed by atoms with Crippen molar-refractivity contribution in [3.63, 3.8) is 0 Å². The molecule has 88 valence electrons. The third-order valence-corrected chi connectivity index (χ3v) is 3.53. The van der Waals surface area contributed by atoms with Crippen molar-refractivity contribution in [2.45, 2.75) is 39.5 Å². The fourth-order valence-electron chi connectivity index (χ4n) is 2.67. The van der Waals surface area contributed by atoms with Crippen LogP contribution in [-0.2, 0) is 12.8 Å². The van der Waals surface area contributed by atoms with Crippen LogP contribution in [0.5, 0.6) is 5.75 Å². The number of hydrogen-bond donors (Lipinski definition) is 1. The maximum Gasteiger partial charge on any atom is 0.117 e. The Bertz CT molecular complexity index is 369. The molecule has 2 rings (SSSR count). The second kappa shape index (κ2) is 4.77. The lowest BCUT2D eigenvalue weighted by Gasteiger charge is -2.28. The minimum atomic E-state index is 0.419. The highest BCUT2D eigenvalue weighted by Crippen LogP contribution is 2.34. The minimum absolute atomic E-state index is 0.419. The first-order valence-electron chi connectivity index (χ1n) is 6.36. The molecule has 0 bridgehead atoms. The molecule has 16 heavy (non-hydrogen) atoms. The van der Waals surface area contributed by atoms with Crippen molar-refractivity contribution in [3.8, 4) is 5.75 Å². The molecule has 1 N–H and O–H groups in total. The third-order valence-electron chi connectivity index (χ3n) is 3.53. The van der Waals surface area contributed by atoms with Crippen molar-refractivity contribution < 1.29 is 5.11 Å². The molecule has 0 aliphatic heterocycles. The Morgan fingerprint density at radius 1 is 1.12 bits per heavy atom. The fourth-order valence-corrected chi connectivity index (χ4v) is 2.67. The molecule has 1 aromatic rings. The molecule has 2 heteroatoms. The Morgan fingerprint density at radius 3 is 2.50 bits per heavy atom. The summed E-state index contributed by atoms with van der Waals surface area (Å²) in [6.45, 7) is 6.35. The Morgan fingerprint density at radius 2 is 1.81 bits per heavy atom. The number of anilines is 1. The van der Waals surface area contributed by atoms with E-state index in [-0.39, 0.29) is 0 Å². The summed E-state index contributed by atoms with van der Waals surface area (Å²) >= 11 is 0. The van der Waals surface area contributed by atoms with Gasteiger partial charge in [-0.05, 0) is 56.7 Å². The number of fused-ring (bicyclic) bond motifs is 1. The van der Waals surface area contributed by atoms with Crippen molar-refractivity contribution in [2.24, 2.45) is 0 Å². The molecule has 0 radical (unpaired) electrons. The van der Waals surface area contributed by atoms with Crippen LogP contribution in [0.25, 0.3) is 0 Å². The van der Waals surface area contributed by atoms with Gasteiger partial charge in [0.15, 0.2) is 0 Å². The standard InChI is InChI=1S/C14H21NO/c1-3-15(4-2)14-10-12(16)9-11-7-5-6-8-13(11)14/h9-10,16H,3-8H2,1-2H3. The van der Waals surface area contributed by atoms with Crippen LogP contribution in [0, 0.1) is 0 Å². The molecule has 0 saturated carbocycles. The lowest BCUT2D eigenvalue weighted by molar-refractivity contribution is 0.473. The van der Waals surface area contributed by atoms with Gasteiger partial charge in [0.05, 0.1) is 0 Å². The third kappa shape index (κ3) is 2.01. The fraction of sp³-hybridized carbons (Fsp3) is 0.571. The quantitative estimate of drug-likeness (QED) is 0.844. The van der Waals surface area contributed by atoms with E-state index < -0.39 is 0 Å². The molecule has 1 aliphatic rings. The Balaban J connectivity index is 2.46. The molecular formula is C14H21NO. The van der Waals surface area contributed by atoms with Crippen LogP contribution in [-0.4, -0.2) is 18.2 Å². The zero-order chi connectivity index (χ0) is 11.5. The van der Waals surface area contributed by atoms with Crippen molar-refractivity contribution in [1.29, 1.82) is 0 Å². The highest BCUT2D eigenvalue weighted by atomic mass is 16.3. The van der Waals surface area contributed by atoms with Gasteiger partial charge in [-0.3, -0.25) is 0 Å². The van der Waals surface area contributed by atoms with E-state index in [1.807, 2.05) is 12.1 Å². The van der Waals surface area contributed by atoms with E-state index in [2.05, 4.69) is 18.7 Å². The first kappa shape index (κ1) is 11.3. The molecule has 0 atom stereocenters. The van der Waals surface area contributed by atoms with Crippen molar-refractivity contribution in [3.05, 3.63) is 23.3 Å². The predicted octanol–water partition coefficient (Wildman–Crippen LogP) is 3.12. The van der Waals surface area contributed by atoms with Gasteiger partial charge in [-0.2, -0.15) is 0 Å². The maximum absolute atomic E-state index is 9.78. The van der Waals surface area contributed by atoms with Crippen LogP contribution < -0.4 is 4.90 Å². The Kier molecular flexibility index (Phi) is 3.37. The smallest absolute Gasteiger partial charge is 0.117 e. The van der Waals surface area contributed by atoms with E-state index in [0.717, 1.165) is 19.5 Å². The molecule has 0 fully saturated rings. The summed E-state index contributed by atoms with van der Waals surface area (Å²) in [4.78, 5) is 2.34. The summed E-state index contributed by atoms with van der Waals surface area (Å²) in [5.41, 5.74) is 4.07. The number of phenols is 1. The lowest BCUT2D eigenvalue weighted by atomic mass is 9.89. The van der Waals surface area contributed by atoms with Gasteiger partial charge >= 0.3 is 0 Å². The van der Waals surface area contributed by atoms with E-state index in [1.54, 1.807) is 0 Å². The minimum Gasteiger partial charge on any atom is -0.508 e. The zero-order valence-corrected chi connectivity index (χ0v) is 10.3. The molecule has 0 heterocycles. The number of rotatable bonds is 3. The number of nitrogens with zero attached hydrogens (tertiary/aromatic N) is 1.